The number of sulfone groups is 1. The van der Waals surface area contributed by atoms with Crippen LogP contribution in [-0.4, -0.2) is 65.8 Å². The summed E-state index contributed by atoms with van der Waals surface area (Å²) in [7, 11) is -3.65. The summed E-state index contributed by atoms with van der Waals surface area (Å²) in [5.74, 6) is -0.288. The molecule has 0 radical (unpaired) electrons. The third-order valence-corrected chi connectivity index (χ3v) is 7.00. The molecule has 0 spiro atoms. The van der Waals surface area contributed by atoms with E-state index in [9.17, 15) is 23.1 Å². The van der Waals surface area contributed by atoms with E-state index in [1.54, 1.807) is 18.2 Å². The molecule has 36 heavy (non-hydrogen) atoms. The number of rotatable bonds is 9. The fourth-order valence-corrected chi connectivity index (χ4v) is 4.64. The van der Waals surface area contributed by atoms with E-state index < -0.39 is 15.3 Å². The number of nitrogens with one attached hydrogen (secondary N) is 2. The molecule has 0 bridgehead atoms. The molecule has 0 aliphatic carbocycles. The molecule has 0 saturated carbocycles. The fraction of sp³-hybridized carbons (Fsp3) is 0.417. The van der Waals surface area contributed by atoms with Crippen molar-refractivity contribution in [1.82, 2.24) is 25.6 Å². The van der Waals surface area contributed by atoms with Crippen LogP contribution in [0, 0.1) is 0 Å². The van der Waals surface area contributed by atoms with Gasteiger partial charge in [0.25, 0.3) is 0 Å². The van der Waals surface area contributed by atoms with Crippen molar-refractivity contribution in [3.63, 3.8) is 0 Å². The number of fused-ring (bicyclic) bond motifs is 1. The maximum Gasteiger partial charge on any atom is 0.216 e. The Morgan fingerprint density at radius 1 is 1.00 bits per heavy atom. The van der Waals surface area contributed by atoms with Crippen molar-refractivity contribution in [1.29, 1.82) is 0 Å². The number of carbonyl (C=O) groups is 2. The highest BCUT2D eigenvalue weighted by Crippen LogP contribution is 2.38. The van der Waals surface area contributed by atoms with Gasteiger partial charge in [-0.2, -0.15) is 0 Å². The molecule has 2 aromatic carbocycles. The lowest BCUT2D eigenvalue weighted by Gasteiger charge is -2.23. The van der Waals surface area contributed by atoms with E-state index in [0.717, 1.165) is 0 Å². The Morgan fingerprint density at radius 3 is 2.28 bits per heavy atom. The molecule has 0 saturated heterocycles. The highest BCUT2D eigenvalue weighted by molar-refractivity contribution is 7.91. The zero-order valence-electron chi connectivity index (χ0n) is 21.0. The van der Waals surface area contributed by atoms with Crippen molar-refractivity contribution >= 4 is 32.7 Å². The van der Waals surface area contributed by atoms with Gasteiger partial charge in [0, 0.05) is 32.0 Å². The van der Waals surface area contributed by atoms with Gasteiger partial charge in [0.15, 0.2) is 9.84 Å². The van der Waals surface area contributed by atoms with Crippen molar-refractivity contribution in [2.45, 2.75) is 44.9 Å². The molecule has 0 unspecified atom stereocenters. The Labute approximate surface area is 209 Å². The van der Waals surface area contributed by atoms with Crippen molar-refractivity contribution in [2.24, 2.45) is 0 Å². The minimum Gasteiger partial charge on any atom is -0.505 e. The first kappa shape index (κ1) is 26.9. The lowest BCUT2D eigenvalue weighted by Crippen LogP contribution is -2.26. The zero-order chi connectivity index (χ0) is 26.7. The third kappa shape index (κ3) is 6.51. The first-order valence-corrected chi connectivity index (χ1v) is 13.0. The summed E-state index contributed by atoms with van der Waals surface area (Å²) in [4.78, 5) is 23.4. The summed E-state index contributed by atoms with van der Waals surface area (Å²) in [5.41, 5.74) is 1.20. The smallest absolute Gasteiger partial charge is 0.216 e. The number of phenols is 1. The summed E-state index contributed by atoms with van der Waals surface area (Å²) in [6, 6.07) is 7.71. The average Bonchev–Trinajstić information content (AvgIpc) is 3.19. The largest absolute Gasteiger partial charge is 0.505 e. The van der Waals surface area contributed by atoms with Gasteiger partial charge in [-0.3, -0.25) is 9.59 Å². The molecule has 0 fully saturated rings. The zero-order valence-corrected chi connectivity index (χ0v) is 21.8. The minimum atomic E-state index is -3.65. The molecule has 1 aromatic heterocycles. The van der Waals surface area contributed by atoms with E-state index in [2.05, 4.69) is 20.8 Å². The Hall–Kier alpha value is -3.67. The Balaban J connectivity index is 1.97. The van der Waals surface area contributed by atoms with Gasteiger partial charge in [0.1, 0.15) is 34.8 Å². The van der Waals surface area contributed by atoms with E-state index in [4.69, 9.17) is 4.74 Å². The third-order valence-electron chi connectivity index (χ3n) is 5.29. The summed E-state index contributed by atoms with van der Waals surface area (Å²) >= 11 is 0. The molecule has 3 N–H and O–H groups in total. The van der Waals surface area contributed by atoms with Gasteiger partial charge in [0.05, 0.1) is 17.2 Å². The lowest BCUT2D eigenvalue weighted by molar-refractivity contribution is -0.119. The molecule has 0 atom stereocenters. The number of nitrogens with zero attached hydrogens (tertiary/aromatic N) is 3. The summed E-state index contributed by atoms with van der Waals surface area (Å²) in [6.45, 7) is 9.11. The van der Waals surface area contributed by atoms with Crippen LogP contribution in [0.3, 0.4) is 0 Å². The Morgan fingerprint density at radius 2 is 1.64 bits per heavy atom. The Kier molecular flexibility index (Phi) is 7.87. The summed E-state index contributed by atoms with van der Waals surface area (Å²) in [6.07, 6.45) is 0. The van der Waals surface area contributed by atoms with E-state index in [1.165, 1.54) is 30.8 Å². The van der Waals surface area contributed by atoms with Gasteiger partial charge < -0.3 is 20.5 Å². The monoisotopic (exact) mass is 517 g/mol. The molecule has 0 aliphatic heterocycles. The first-order valence-electron chi connectivity index (χ1n) is 11.4. The molecule has 2 amide bonds. The number of hydrogen-bond acceptors (Lipinski definition) is 8. The van der Waals surface area contributed by atoms with Crippen LogP contribution in [0.25, 0.3) is 16.7 Å². The van der Waals surface area contributed by atoms with E-state index in [0.29, 0.717) is 28.9 Å². The van der Waals surface area contributed by atoms with Gasteiger partial charge in [-0.1, -0.05) is 20.8 Å². The normalized spacial score (nSPS) is 11.9. The second-order valence-corrected chi connectivity index (χ2v) is 11.5. The van der Waals surface area contributed by atoms with E-state index in [1.807, 2.05) is 20.8 Å². The standard InChI is InChI=1S/C24H31N5O6S/c1-15(30)25-8-10-35-17-12-19(24(3,4)5)23(32)22(13-17)29-27-20-7-6-18(14-21(20)28-29)36(33,34)11-9-26-16(2)31/h6-7,12-14,32H,8-11H2,1-5H3,(H,25,30)(H,26,31). The summed E-state index contributed by atoms with van der Waals surface area (Å²) in [5, 5.41) is 25.0. The molecule has 3 aromatic rings. The SMILES string of the molecule is CC(=O)NCCOc1cc(-n2nc3ccc(S(=O)(=O)CCNC(C)=O)cc3n2)c(O)c(C(C)(C)C)c1. The fourth-order valence-electron chi connectivity index (χ4n) is 3.47. The number of benzene rings is 2. The predicted molar refractivity (Wildman–Crippen MR) is 134 cm³/mol. The highest BCUT2D eigenvalue weighted by Gasteiger charge is 2.24. The number of phenolic OH excluding ortho intramolecular Hbond substituents is 1. The molecule has 1 heterocycles. The maximum absolute atomic E-state index is 12.7. The van der Waals surface area contributed by atoms with Crippen LogP contribution in [0.5, 0.6) is 11.5 Å². The Bertz CT molecular complexity index is 1390. The number of aromatic hydroxyl groups is 1. The van der Waals surface area contributed by atoms with Crippen molar-refractivity contribution in [3.8, 4) is 17.2 Å². The van der Waals surface area contributed by atoms with Gasteiger partial charge in [-0.25, -0.2) is 8.42 Å². The maximum atomic E-state index is 12.7. The second kappa shape index (κ2) is 10.5. The summed E-state index contributed by atoms with van der Waals surface area (Å²) < 4.78 is 31.1. The van der Waals surface area contributed by atoms with Crippen molar-refractivity contribution in [2.75, 3.05) is 25.4 Å². The average molecular weight is 518 g/mol. The van der Waals surface area contributed by atoms with Crippen LogP contribution in [0.1, 0.15) is 40.2 Å². The van der Waals surface area contributed by atoms with Crippen LogP contribution in [0.4, 0.5) is 0 Å². The van der Waals surface area contributed by atoms with E-state index >= 15 is 0 Å². The van der Waals surface area contributed by atoms with Crippen LogP contribution >= 0.6 is 0 Å². The second-order valence-electron chi connectivity index (χ2n) is 9.36. The molecule has 12 heteroatoms. The topological polar surface area (TPSA) is 153 Å². The van der Waals surface area contributed by atoms with Gasteiger partial charge >= 0.3 is 0 Å². The first-order chi connectivity index (χ1) is 16.8. The molecule has 194 valence electrons. The number of amides is 2. The number of hydrogen-bond donors (Lipinski definition) is 3. The van der Waals surface area contributed by atoms with E-state index in [-0.39, 0.29) is 47.1 Å². The van der Waals surface area contributed by atoms with Gasteiger partial charge in [-0.15, -0.1) is 15.0 Å². The predicted octanol–water partition coefficient (Wildman–Crippen LogP) is 1.85. The minimum absolute atomic E-state index is 0.000571. The van der Waals surface area contributed by atoms with Crippen LogP contribution < -0.4 is 15.4 Å². The van der Waals surface area contributed by atoms with Gasteiger partial charge in [-0.05, 0) is 29.7 Å². The van der Waals surface area contributed by atoms with Crippen molar-refractivity contribution in [3.05, 3.63) is 35.9 Å². The van der Waals surface area contributed by atoms with Crippen LogP contribution in [0.2, 0.25) is 0 Å². The highest BCUT2D eigenvalue weighted by atomic mass is 32.2. The lowest BCUT2D eigenvalue weighted by atomic mass is 9.86. The molecule has 3 rings (SSSR count). The van der Waals surface area contributed by atoms with Crippen molar-refractivity contribution < 1.29 is 27.9 Å². The molecule has 0 aliphatic rings. The number of ether oxygens (including phenoxy) is 1. The molecular formula is C24H31N5O6S. The molecule has 11 nitrogen and oxygen atoms in total. The number of aromatic nitrogens is 3. The quantitative estimate of drug-likeness (QED) is 0.364. The van der Waals surface area contributed by atoms with Crippen LogP contribution in [-0.2, 0) is 24.8 Å². The van der Waals surface area contributed by atoms with Crippen LogP contribution in [0.15, 0.2) is 35.2 Å². The van der Waals surface area contributed by atoms with Gasteiger partial charge in [0.2, 0.25) is 11.8 Å². The number of carbonyl (C=O) groups excluding carboxylic acids is 2. The molecular weight excluding hydrogens is 486 g/mol.